The molecule has 1 fully saturated rings. The van der Waals surface area contributed by atoms with Gasteiger partial charge < -0.3 is 20.5 Å². The summed E-state index contributed by atoms with van der Waals surface area (Å²) < 4.78 is 0. The first-order valence-electron chi connectivity index (χ1n) is 12.4. The Bertz CT molecular complexity index is 1110. The lowest BCUT2D eigenvalue weighted by atomic mass is 10.00. The second kappa shape index (κ2) is 11.2. The highest BCUT2D eigenvalue weighted by molar-refractivity contribution is 5.95. The smallest absolute Gasteiger partial charge is 0.253 e. The number of nitrogens with one attached hydrogen (secondary N) is 1. The number of hydrogen-bond acceptors (Lipinski definition) is 4. The van der Waals surface area contributed by atoms with Gasteiger partial charge in [0.05, 0.1) is 0 Å². The number of benzene rings is 2. The third kappa shape index (κ3) is 5.74. The maximum absolute atomic E-state index is 12.8. The molecule has 35 heavy (non-hydrogen) atoms. The maximum Gasteiger partial charge on any atom is 0.253 e. The van der Waals surface area contributed by atoms with Gasteiger partial charge in [-0.05, 0) is 81.3 Å². The average molecular weight is 474 g/mol. The molecule has 1 aromatic heterocycles. The standard InChI is InChI=1S/C28H35N5O2/c1-3-32(4-2)28(35)21-10-12-24(13-11-21)33(26-9-5-7-22(19-26)27(29)34)25-14-17-31(18-15-25)20-23-8-6-16-30-23/h5-13,16,19,25,30H,3-4,14-15,17-18,20H2,1-2H3,(H2,29,34). The quantitative estimate of drug-likeness (QED) is 0.482. The van der Waals surface area contributed by atoms with E-state index in [1.54, 1.807) is 6.07 Å². The first-order chi connectivity index (χ1) is 17.0. The van der Waals surface area contributed by atoms with Crippen LogP contribution in [0.25, 0.3) is 0 Å². The molecule has 2 heterocycles. The van der Waals surface area contributed by atoms with Crippen LogP contribution in [0.15, 0.2) is 66.9 Å². The molecule has 1 saturated heterocycles. The van der Waals surface area contributed by atoms with Gasteiger partial charge in [-0.25, -0.2) is 0 Å². The van der Waals surface area contributed by atoms with Gasteiger partial charge in [-0.2, -0.15) is 0 Å². The number of rotatable bonds is 9. The summed E-state index contributed by atoms with van der Waals surface area (Å²) in [4.78, 5) is 34.5. The molecular formula is C28H35N5O2. The average Bonchev–Trinajstić information content (AvgIpc) is 3.39. The molecule has 0 spiro atoms. The number of nitrogens with two attached hydrogens (primary N) is 1. The number of piperidine rings is 1. The molecule has 3 aromatic rings. The molecule has 2 aromatic carbocycles. The van der Waals surface area contributed by atoms with Gasteiger partial charge in [0.25, 0.3) is 5.91 Å². The Morgan fingerprint density at radius 2 is 1.66 bits per heavy atom. The van der Waals surface area contributed by atoms with Gasteiger partial charge in [-0.15, -0.1) is 0 Å². The predicted molar refractivity (Wildman–Crippen MR) is 140 cm³/mol. The number of H-pyrrole nitrogens is 1. The van der Waals surface area contributed by atoms with Crippen LogP contribution in [-0.4, -0.2) is 58.8 Å². The highest BCUT2D eigenvalue weighted by Crippen LogP contribution is 2.33. The summed E-state index contributed by atoms with van der Waals surface area (Å²) >= 11 is 0. The van der Waals surface area contributed by atoms with Crippen molar-refractivity contribution in [2.75, 3.05) is 31.1 Å². The highest BCUT2D eigenvalue weighted by atomic mass is 16.2. The predicted octanol–water partition coefficient (Wildman–Crippen LogP) is 4.40. The molecule has 0 aliphatic carbocycles. The van der Waals surface area contributed by atoms with Gasteiger partial charge in [-0.3, -0.25) is 14.5 Å². The number of anilines is 2. The molecule has 184 valence electrons. The van der Waals surface area contributed by atoms with Gasteiger partial charge in [0.1, 0.15) is 0 Å². The molecule has 2 amide bonds. The Morgan fingerprint density at radius 1 is 0.943 bits per heavy atom. The lowest BCUT2D eigenvalue weighted by Crippen LogP contribution is -2.43. The first-order valence-corrected chi connectivity index (χ1v) is 12.4. The molecule has 0 unspecified atom stereocenters. The third-order valence-electron chi connectivity index (χ3n) is 6.83. The number of aromatic amines is 1. The highest BCUT2D eigenvalue weighted by Gasteiger charge is 2.27. The number of likely N-dealkylation sites (tertiary alicyclic amines) is 1. The zero-order valence-electron chi connectivity index (χ0n) is 20.6. The van der Waals surface area contributed by atoms with E-state index < -0.39 is 5.91 Å². The van der Waals surface area contributed by atoms with Gasteiger partial charge >= 0.3 is 0 Å². The van der Waals surface area contributed by atoms with Crippen LogP contribution in [0.2, 0.25) is 0 Å². The number of amides is 2. The van der Waals surface area contributed by atoms with Crippen LogP contribution >= 0.6 is 0 Å². The number of nitrogens with zero attached hydrogens (tertiary/aromatic N) is 3. The zero-order valence-corrected chi connectivity index (χ0v) is 20.6. The van der Waals surface area contributed by atoms with E-state index in [0.29, 0.717) is 24.2 Å². The molecule has 0 radical (unpaired) electrons. The van der Waals surface area contributed by atoms with Crippen molar-refractivity contribution in [3.63, 3.8) is 0 Å². The lowest BCUT2D eigenvalue weighted by molar-refractivity contribution is 0.0772. The number of hydrogen-bond donors (Lipinski definition) is 2. The fraction of sp³-hybridized carbons (Fsp3) is 0.357. The fourth-order valence-electron chi connectivity index (χ4n) is 4.88. The van der Waals surface area contributed by atoms with E-state index in [9.17, 15) is 9.59 Å². The van der Waals surface area contributed by atoms with E-state index in [1.807, 2.05) is 73.5 Å². The van der Waals surface area contributed by atoms with Gasteiger partial charge in [0.15, 0.2) is 0 Å². The minimum atomic E-state index is -0.437. The Morgan fingerprint density at radius 3 is 2.26 bits per heavy atom. The summed E-state index contributed by atoms with van der Waals surface area (Å²) in [5.74, 6) is -0.394. The van der Waals surface area contributed by atoms with Gasteiger partial charge in [-0.1, -0.05) is 6.07 Å². The van der Waals surface area contributed by atoms with E-state index in [1.165, 1.54) is 5.69 Å². The second-order valence-corrected chi connectivity index (χ2v) is 9.01. The largest absolute Gasteiger partial charge is 0.366 e. The minimum absolute atomic E-state index is 0.0430. The molecule has 1 aliphatic rings. The van der Waals surface area contributed by atoms with Crippen molar-refractivity contribution >= 4 is 23.2 Å². The van der Waals surface area contributed by atoms with Crippen molar-refractivity contribution in [1.29, 1.82) is 0 Å². The SMILES string of the molecule is CCN(CC)C(=O)c1ccc(N(c2cccc(C(N)=O)c2)C2CCN(Cc3ccc[nH]3)CC2)cc1. The Labute approximate surface area is 207 Å². The summed E-state index contributed by atoms with van der Waals surface area (Å²) in [6.45, 7) is 8.23. The van der Waals surface area contributed by atoms with Crippen LogP contribution in [0.5, 0.6) is 0 Å². The van der Waals surface area contributed by atoms with Crippen LogP contribution in [-0.2, 0) is 6.54 Å². The monoisotopic (exact) mass is 473 g/mol. The molecule has 3 N–H and O–H groups in total. The topological polar surface area (TPSA) is 85.7 Å². The maximum atomic E-state index is 12.8. The summed E-state index contributed by atoms with van der Waals surface area (Å²) in [7, 11) is 0. The molecule has 0 bridgehead atoms. The summed E-state index contributed by atoms with van der Waals surface area (Å²) in [6.07, 6.45) is 3.94. The Balaban J connectivity index is 1.58. The van der Waals surface area contributed by atoms with Crippen LogP contribution in [0, 0.1) is 0 Å². The van der Waals surface area contributed by atoms with Crippen LogP contribution in [0.1, 0.15) is 53.1 Å². The van der Waals surface area contributed by atoms with Crippen molar-refractivity contribution in [2.45, 2.75) is 39.3 Å². The van der Waals surface area contributed by atoms with E-state index in [0.717, 1.165) is 43.9 Å². The molecule has 0 atom stereocenters. The summed E-state index contributed by atoms with van der Waals surface area (Å²) in [5, 5.41) is 0. The molecule has 7 nitrogen and oxygen atoms in total. The molecule has 4 rings (SSSR count). The minimum Gasteiger partial charge on any atom is -0.366 e. The van der Waals surface area contributed by atoms with Crippen molar-refractivity contribution in [3.05, 3.63) is 83.7 Å². The van der Waals surface area contributed by atoms with Crippen molar-refractivity contribution in [2.24, 2.45) is 5.73 Å². The lowest BCUT2D eigenvalue weighted by Gasteiger charge is -2.40. The second-order valence-electron chi connectivity index (χ2n) is 9.01. The van der Waals surface area contributed by atoms with Crippen LogP contribution in [0.4, 0.5) is 11.4 Å². The van der Waals surface area contributed by atoms with E-state index in [4.69, 9.17) is 5.73 Å². The first kappa shape index (κ1) is 24.5. The van der Waals surface area contributed by atoms with Crippen molar-refractivity contribution in [1.82, 2.24) is 14.8 Å². The van der Waals surface area contributed by atoms with Crippen LogP contribution < -0.4 is 10.6 Å². The van der Waals surface area contributed by atoms with Gasteiger partial charge in [0, 0.05) is 73.2 Å². The van der Waals surface area contributed by atoms with E-state index in [2.05, 4.69) is 20.9 Å². The molecule has 7 heteroatoms. The number of primary amides is 1. The molecule has 0 saturated carbocycles. The molecular weight excluding hydrogens is 438 g/mol. The third-order valence-corrected chi connectivity index (χ3v) is 6.83. The Kier molecular flexibility index (Phi) is 7.87. The van der Waals surface area contributed by atoms with Crippen molar-refractivity contribution < 1.29 is 9.59 Å². The summed E-state index contributed by atoms with van der Waals surface area (Å²) in [5.41, 5.74) is 9.92. The van der Waals surface area contributed by atoms with Crippen molar-refractivity contribution in [3.8, 4) is 0 Å². The number of carbonyl (C=O) groups is 2. The van der Waals surface area contributed by atoms with E-state index >= 15 is 0 Å². The van der Waals surface area contributed by atoms with E-state index in [-0.39, 0.29) is 11.9 Å². The summed E-state index contributed by atoms with van der Waals surface area (Å²) in [6, 6.07) is 19.8. The van der Waals surface area contributed by atoms with Crippen LogP contribution in [0.3, 0.4) is 0 Å². The fourth-order valence-corrected chi connectivity index (χ4v) is 4.88. The zero-order chi connectivity index (χ0) is 24.8. The van der Waals surface area contributed by atoms with Gasteiger partial charge in [0.2, 0.25) is 5.91 Å². The number of carbonyl (C=O) groups excluding carboxylic acids is 2. The Hall–Kier alpha value is -3.58. The normalized spacial score (nSPS) is 14.6. The molecule has 1 aliphatic heterocycles. The number of aromatic nitrogens is 1.